The third-order valence-corrected chi connectivity index (χ3v) is 6.53. The van der Waals surface area contributed by atoms with Gasteiger partial charge in [0.1, 0.15) is 23.1 Å². The first kappa shape index (κ1) is 21.2. The van der Waals surface area contributed by atoms with Crippen LogP contribution in [0.3, 0.4) is 0 Å². The summed E-state index contributed by atoms with van der Waals surface area (Å²) in [7, 11) is 0. The second kappa shape index (κ2) is 8.69. The molecule has 1 unspecified atom stereocenters. The molecule has 8 nitrogen and oxygen atoms in total. The normalized spacial score (nSPS) is 18.5. The van der Waals surface area contributed by atoms with E-state index in [9.17, 15) is 0 Å². The molecule has 1 aliphatic heterocycles. The molecule has 0 bridgehead atoms. The summed E-state index contributed by atoms with van der Waals surface area (Å²) in [4.78, 5) is 22.9. The van der Waals surface area contributed by atoms with Gasteiger partial charge in [-0.1, -0.05) is 50.1 Å². The second-order valence-corrected chi connectivity index (χ2v) is 8.60. The molecule has 3 aromatic rings. The lowest BCUT2D eigenvalue weighted by Crippen LogP contribution is -2.57. The van der Waals surface area contributed by atoms with Crippen molar-refractivity contribution in [2.75, 3.05) is 9.80 Å². The number of nitrogens with zero attached hydrogens (tertiary/aromatic N) is 6. The number of nitrogens with one attached hydrogen (secondary N) is 2. The van der Waals surface area contributed by atoms with Gasteiger partial charge in [-0.3, -0.25) is 20.7 Å². The van der Waals surface area contributed by atoms with Gasteiger partial charge in [-0.15, -0.1) is 0 Å². The average Bonchev–Trinajstić information content (AvgIpc) is 3.38. The molecule has 2 N–H and O–H groups in total. The quantitative estimate of drug-likeness (QED) is 0.440. The van der Waals surface area contributed by atoms with Gasteiger partial charge in [0.15, 0.2) is 11.6 Å². The molecule has 8 heteroatoms. The highest BCUT2D eigenvalue weighted by molar-refractivity contribution is 6.22. The van der Waals surface area contributed by atoms with E-state index in [0.29, 0.717) is 34.9 Å². The summed E-state index contributed by atoms with van der Waals surface area (Å²) in [5, 5.41) is 17.2. The average molecular weight is 441 g/mol. The van der Waals surface area contributed by atoms with Crippen molar-refractivity contribution >= 4 is 23.2 Å². The fourth-order valence-electron chi connectivity index (χ4n) is 5.06. The lowest BCUT2D eigenvalue weighted by atomic mass is 10.0. The number of benzene rings is 1. The van der Waals surface area contributed by atoms with Crippen molar-refractivity contribution in [3.05, 3.63) is 48.9 Å². The Labute approximate surface area is 193 Å². The number of hydrogen-bond acceptors (Lipinski definition) is 7. The van der Waals surface area contributed by atoms with Crippen molar-refractivity contribution in [2.24, 2.45) is 0 Å². The molecule has 5 rings (SSSR count). The van der Waals surface area contributed by atoms with Gasteiger partial charge in [0.25, 0.3) is 0 Å². The summed E-state index contributed by atoms with van der Waals surface area (Å²) in [6, 6.07) is 10.1. The van der Waals surface area contributed by atoms with Crippen molar-refractivity contribution < 1.29 is 0 Å². The summed E-state index contributed by atoms with van der Waals surface area (Å²) in [5.41, 5.74) is 3.02. The van der Waals surface area contributed by atoms with Crippen LogP contribution in [0, 0.1) is 10.8 Å². The van der Waals surface area contributed by atoms with Crippen molar-refractivity contribution in [3.63, 3.8) is 0 Å². The fourth-order valence-corrected chi connectivity index (χ4v) is 5.06. The molecule has 1 aliphatic carbocycles. The van der Waals surface area contributed by atoms with Crippen LogP contribution in [0.4, 0.5) is 11.5 Å². The van der Waals surface area contributed by atoms with E-state index >= 15 is 0 Å². The smallest absolute Gasteiger partial charge is 0.182 e. The number of hydrogen-bond donors (Lipinski definition) is 2. The van der Waals surface area contributed by atoms with Gasteiger partial charge in [-0.05, 0) is 26.2 Å². The van der Waals surface area contributed by atoms with Crippen molar-refractivity contribution in [1.29, 1.82) is 10.8 Å². The Hall–Kier alpha value is -3.68. The summed E-state index contributed by atoms with van der Waals surface area (Å²) in [6.45, 7) is 3.81. The zero-order valence-electron chi connectivity index (χ0n) is 19.0. The van der Waals surface area contributed by atoms with Crippen LogP contribution < -0.4 is 9.80 Å². The van der Waals surface area contributed by atoms with Crippen LogP contribution in [-0.4, -0.2) is 43.7 Å². The van der Waals surface area contributed by atoms with Gasteiger partial charge in [0.05, 0.1) is 17.9 Å². The predicted molar refractivity (Wildman–Crippen MR) is 131 cm³/mol. The van der Waals surface area contributed by atoms with Crippen LogP contribution in [0.25, 0.3) is 22.8 Å². The molecule has 0 spiro atoms. The van der Waals surface area contributed by atoms with Gasteiger partial charge < -0.3 is 4.90 Å². The summed E-state index contributed by atoms with van der Waals surface area (Å²) >= 11 is 0. The molecule has 0 amide bonds. The molecular weight excluding hydrogens is 412 g/mol. The standard InChI is InChI=1S/C25H28N8/c1-3-19-23(27)32(16(2)26)20-15-30-24(31-25(20)33(19)18-11-7-8-12-18)22-21(28-13-14-29-22)17-9-5-4-6-10-17/h4-6,9-10,13-15,18-19,26-27H,3,7-8,11-12H2,1-2H3. The summed E-state index contributed by atoms with van der Waals surface area (Å²) in [6.07, 6.45) is 10.4. The monoisotopic (exact) mass is 440 g/mol. The Kier molecular flexibility index (Phi) is 5.58. The lowest BCUT2D eigenvalue weighted by Gasteiger charge is -2.45. The van der Waals surface area contributed by atoms with E-state index in [1.165, 1.54) is 12.8 Å². The number of rotatable bonds is 4. The van der Waals surface area contributed by atoms with E-state index < -0.39 is 0 Å². The van der Waals surface area contributed by atoms with Gasteiger partial charge in [-0.2, -0.15) is 0 Å². The Morgan fingerprint density at radius 2 is 1.73 bits per heavy atom. The zero-order chi connectivity index (χ0) is 22.9. The molecular formula is C25H28N8. The van der Waals surface area contributed by atoms with E-state index in [1.807, 2.05) is 30.3 Å². The predicted octanol–water partition coefficient (Wildman–Crippen LogP) is 4.92. The molecule has 0 saturated heterocycles. The van der Waals surface area contributed by atoms with E-state index in [4.69, 9.17) is 15.8 Å². The maximum Gasteiger partial charge on any atom is 0.182 e. The van der Waals surface area contributed by atoms with Gasteiger partial charge in [0.2, 0.25) is 0 Å². The molecule has 1 fully saturated rings. The molecule has 2 aromatic heterocycles. The van der Waals surface area contributed by atoms with Gasteiger partial charge >= 0.3 is 0 Å². The van der Waals surface area contributed by atoms with Crippen molar-refractivity contribution in [1.82, 2.24) is 19.9 Å². The third kappa shape index (κ3) is 3.65. The molecule has 0 radical (unpaired) electrons. The van der Waals surface area contributed by atoms with E-state index in [2.05, 4.69) is 26.8 Å². The first-order valence-corrected chi connectivity index (χ1v) is 11.6. The Morgan fingerprint density at radius 1 is 1.03 bits per heavy atom. The first-order chi connectivity index (χ1) is 16.1. The SMILES string of the molecule is CCC1C(=N)N(C(C)=N)c2cnc(-c3nccnc3-c3ccccc3)nc2N1C1CCCC1. The number of amidine groups is 2. The topological polar surface area (TPSA) is 106 Å². The highest BCUT2D eigenvalue weighted by atomic mass is 15.4. The minimum absolute atomic E-state index is 0.126. The third-order valence-electron chi connectivity index (χ3n) is 6.53. The molecule has 1 aromatic carbocycles. The number of anilines is 2. The molecule has 33 heavy (non-hydrogen) atoms. The van der Waals surface area contributed by atoms with Crippen LogP contribution in [-0.2, 0) is 0 Å². The summed E-state index contributed by atoms with van der Waals surface area (Å²) < 4.78 is 0. The maximum absolute atomic E-state index is 8.89. The van der Waals surface area contributed by atoms with Crippen molar-refractivity contribution in [3.8, 4) is 22.8 Å². The largest absolute Gasteiger partial charge is 0.342 e. The Morgan fingerprint density at radius 3 is 2.39 bits per heavy atom. The lowest BCUT2D eigenvalue weighted by molar-refractivity contribution is 0.547. The number of fused-ring (bicyclic) bond motifs is 1. The van der Waals surface area contributed by atoms with Crippen LogP contribution in [0.2, 0.25) is 0 Å². The van der Waals surface area contributed by atoms with Crippen LogP contribution >= 0.6 is 0 Å². The van der Waals surface area contributed by atoms with Crippen LogP contribution in [0.1, 0.15) is 46.0 Å². The molecule has 1 atom stereocenters. The highest BCUT2D eigenvalue weighted by Crippen LogP contribution is 2.41. The molecule has 2 aliphatic rings. The highest BCUT2D eigenvalue weighted by Gasteiger charge is 2.41. The molecule has 3 heterocycles. The van der Waals surface area contributed by atoms with Gasteiger partial charge in [-0.25, -0.2) is 15.0 Å². The minimum atomic E-state index is -0.126. The summed E-state index contributed by atoms with van der Waals surface area (Å²) in [5.74, 6) is 2.01. The zero-order valence-corrected chi connectivity index (χ0v) is 19.0. The van der Waals surface area contributed by atoms with Crippen LogP contribution in [0.5, 0.6) is 0 Å². The van der Waals surface area contributed by atoms with Crippen molar-refractivity contribution in [2.45, 2.75) is 58.0 Å². The Balaban J connectivity index is 1.69. The Bertz CT molecular complexity index is 1190. The van der Waals surface area contributed by atoms with Crippen LogP contribution in [0.15, 0.2) is 48.9 Å². The van der Waals surface area contributed by atoms with E-state index in [-0.39, 0.29) is 6.04 Å². The first-order valence-electron chi connectivity index (χ1n) is 11.6. The second-order valence-electron chi connectivity index (χ2n) is 8.60. The maximum atomic E-state index is 8.89. The van der Waals surface area contributed by atoms with Gasteiger partial charge in [0, 0.05) is 24.0 Å². The molecule has 168 valence electrons. The fraction of sp³-hybridized carbons (Fsp3) is 0.360. The molecule has 1 saturated carbocycles. The number of aromatic nitrogens is 4. The van der Waals surface area contributed by atoms with E-state index in [0.717, 1.165) is 36.3 Å². The minimum Gasteiger partial charge on any atom is -0.342 e. The van der Waals surface area contributed by atoms with E-state index in [1.54, 1.807) is 30.4 Å².